The molecule has 0 atom stereocenters. The Hall–Kier alpha value is -2.88. The number of hydrogen-bond donors (Lipinski definition) is 1. The number of carbonyl (C=O) groups is 1. The Kier molecular flexibility index (Phi) is 4.48. The zero-order valence-electron chi connectivity index (χ0n) is 17.8. The lowest BCUT2D eigenvalue weighted by Gasteiger charge is -2.56. The topological polar surface area (TPSA) is 46.9 Å². The fourth-order valence-corrected chi connectivity index (χ4v) is 6.96. The second kappa shape index (κ2) is 7.37. The van der Waals surface area contributed by atoms with Crippen LogP contribution >= 0.6 is 0 Å². The molecule has 4 saturated carbocycles. The first-order chi connectivity index (χ1) is 15.2. The van der Waals surface area contributed by atoms with Gasteiger partial charge >= 0.3 is 0 Å². The van der Waals surface area contributed by atoms with E-state index in [2.05, 4.69) is 29.6 Å². The molecule has 0 unspecified atom stereocenters. The van der Waals surface area contributed by atoms with E-state index in [0.717, 1.165) is 40.3 Å². The number of nitrogens with one attached hydrogen (secondary N) is 1. The molecule has 4 heteroatoms. The van der Waals surface area contributed by atoms with Gasteiger partial charge in [0.05, 0.1) is 17.7 Å². The third-order valence-corrected chi connectivity index (χ3v) is 7.69. The molecule has 4 fully saturated rings. The average Bonchev–Trinajstić information content (AvgIpc) is 3.17. The van der Waals surface area contributed by atoms with E-state index in [-0.39, 0.29) is 11.4 Å². The van der Waals surface area contributed by atoms with Crippen LogP contribution in [0.2, 0.25) is 0 Å². The molecule has 4 bridgehead atoms. The smallest absolute Gasteiger partial charge is 0.240 e. The number of hydrogen-bond acceptors (Lipinski definition) is 2. The molecule has 3 aromatic rings. The first kappa shape index (κ1) is 18.9. The highest BCUT2D eigenvalue weighted by molar-refractivity contribution is 5.82. The van der Waals surface area contributed by atoms with Gasteiger partial charge in [-0.15, -0.1) is 0 Å². The highest BCUT2D eigenvalue weighted by Crippen LogP contribution is 2.55. The SMILES string of the molecule is O=C(Cn1cnc(-c2ccccc2)c1-c1ccccc1)NC12CC3CC(CC(C3)C1)C2. The lowest BCUT2D eigenvalue weighted by atomic mass is 9.53. The standard InChI is InChI=1S/C27H29N3O/c31-24(29-27-14-19-11-20(15-27)13-21(12-19)16-27)17-30-18-28-25(22-7-3-1-4-8-22)26(30)23-9-5-2-6-10-23/h1-10,18-21H,11-17H2,(H,29,31). The Balaban J connectivity index is 1.29. The number of nitrogens with zero attached hydrogens (tertiary/aromatic N) is 2. The van der Waals surface area contributed by atoms with Gasteiger partial charge in [-0.2, -0.15) is 0 Å². The number of imidazole rings is 1. The largest absolute Gasteiger partial charge is 0.349 e. The summed E-state index contributed by atoms with van der Waals surface area (Å²) in [5.74, 6) is 2.59. The van der Waals surface area contributed by atoms with Crippen LogP contribution in [0.1, 0.15) is 38.5 Å². The molecule has 0 saturated heterocycles. The van der Waals surface area contributed by atoms with Crippen LogP contribution < -0.4 is 5.32 Å². The van der Waals surface area contributed by atoms with Crippen molar-refractivity contribution < 1.29 is 4.79 Å². The lowest BCUT2D eigenvalue weighted by molar-refractivity contribution is -0.127. The molecule has 0 radical (unpaired) electrons. The van der Waals surface area contributed by atoms with Gasteiger partial charge in [-0.3, -0.25) is 4.79 Å². The molecular weight excluding hydrogens is 382 g/mol. The number of aromatic nitrogens is 2. The summed E-state index contributed by atoms with van der Waals surface area (Å²) >= 11 is 0. The van der Waals surface area contributed by atoms with Crippen molar-refractivity contribution in [2.24, 2.45) is 17.8 Å². The van der Waals surface area contributed by atoms with E-state index in [1.54, 1.807) is 0 Å². The van der Waals surface area contributed by atoms with Gasteiger partial charge in [0.2, 0.25) is 5.91 Å². The van der Waals surface area contributed by atoms with E-state index in [9.17, 15) is 4.79 Å². The molecular formula is C27H29N3O. The van der Waals surface area contributed by atoms with Crippen molar-refractivity contribution in [3.8, 4) is 22.5 Å². The summed E-state index contributed by atoms with van der Waals surface area (Å²) in [5, 5.41) is 3.51. The van der Waals surface area contributed by atoms with E-state index in [4.69, 9.17) is 4.98 Å². The van der Waals surface area contributed by atoms with E-state index < -0.39 is 0 Å². The van der Waals surface area contributed by atoms with Crippen molar-refractivity contribution in [1.29, 1.82) is 0 Å². The minimum absolute atomic E-state index is 0.0432. The summed E-state index contributed by atoms with van der Waals surface area (Å²) in [6, 6.07) is 20.5. The van der Waals surface area contributed by atoms with Crippen LogP contribution in [0.3, 0.4) is 0 Å². The fraction of sp³-hybridized carbons (Fsp3) is 0.407. The predicted molar refractivity (Wildman–Crippen MR) is 122 cm³/mol. The van der Waals surface area contributed by atoms with Gasteiger partial charge in [0, 0.05) is 16.7 Å². The normalized spacial score (nSPS) is 28.6. The first-order valence-corrected chi connectivity index (χ1v) is 11.6. The average molecular weight is 412 g/mol. The van der Waals surface area contributed by atoms with Crippen molar-refractivity contribution in [3.05, 3.63) is 67.0 Å². The molecule has 2 aromatic carbocycles. The summed E-state index contributed by atoms with van der Waals surface area (Å²) in [7, 11) is 0. The molecule has 4 aliphatic carbocycles. The molecule has 1 heterocycles. The van der Waals surface area contributed by atoms with Crippen LogP contribution in [0, 0.1) is 17.8 Å². The fourth-order valence-electron chi connectivity index (χ4n) is 6.96. The molecule has 1 N–H and O–H groups in total. The van der Waals surface area contributed by atoms with Crippen LogP contribution in [0.15, 0.2) is 67.0 Å². The van der Waals surface area contributed by atoms with Gasteiger partial charge in [0.1, 0.15) is 6.54 Å². The summed E-state index contributed by atoms with van der Waals surface area (Å²) < 4.78 is 2.02. The van der Waals surface area contributed by atoms with Gasteiger partial charge in [0.25, 0.3) is 0 Å². The molecule has 31 heavy (non-hydrogen) atoms. The van der Waals surface area contributed by atoms with Crippen LogP contribution in [0.25, 0.3) is 22.5 Å². The van der Waals surface area contributed by atoms with E-state index in [0.29, 0.717) is 6.54 Å². The zero-order valence-corrected chi connectivity index (χ0v) is 17.8. The maximum absolute atomic E-state index is 13.3. The molecule has 1 aromatic heterocycles. The Labute approximate surface area is 183 Å². The monoisotopic (exact) mass is 411 g/mol. The van der Waals surface area contributed by atoms with Crippen LogP contribution in [0.4, 0.5) is 0 Å². The minimum Gasteiger partial charge on any atom is -0.349 e. The van der Waals surface area contributed by atoms with Crippen molar-refractivity contribution >= 4 is 5.91 Å². The van der Waals surface area contributed by atoms with Gasteiger partial charge in [-0.05, 0) is 56.3 Å². The van der Waals surface area contributed by atoms with E-state index in [1.807, 2.05) is 47.3 Å². The van der Waals surface area contributed by atoms with E-state index in [1.165, 1.54) is 38.5 Å². The highest BCUT2D eigenvalue weighted by Gasteiger charge is 2.51. The van der Waals surface area contributed by atoms with Crippen molar-refractivity contribution in [1.82, 2.24) is 14.9 Å². The first-order valence-electron chi connectivity index (χ1n) is 11.6. The molecule has 0 spiro atoms. The van der Waals surface area contributed by atoms with Crippen molar-refractivity contribution in [2.45, 2.75) is 50.6 Å². The molecule has 158 valence electrons. The summed E-state index contributed by atoms with van der Waals surface area (Å²) in [6.07, 6.45) is 9.50. The Morgan fingerprint density at radius 1 is 0.871 bits per heavy atom. The Morgan fingerprint density at radius 2 is 1.42 bits per heavy atom. The highest BCUT2D eigenvalue weighted by atomic mass is 16.2. The molecule has 1 amide bonds. The molecule has 4 nitrogen and oxygen atoms in total. The third-order valence-electron chi connectivity index (χ3n) is 7.69. The van der Waals surface area contributed by atoms with Crippen LogP contribution in [-0.4, -0.2) is 21.0 Å². The number of amides is 1. The summed E-state index contributed by atoms with van der Waals surface area (Å²) in [4.78, 5) is 18.0. The number of carbonyl (C=O) groups excluding carboxylic acids is 1. The van der Waals surface area contributed by atoms with E-state index >= 15 is 0 Å². The predicted octanol–water partition coefficient (Wildman–Crippen LogP) is 5.30. The minimum atomic E-state index is 0.0432. The maximum Gasteiger partial charge on any atom is 0.240 e. The summed E-state index contributed by atoms with van der Waals surface area (Å²) in [5.41, 5.74) is 4.13. The zero-order chi connectivity index (χ0) is 20.8. The second-order valence-electron chi connectivity index (χ2n) is 10.0. The molecule has 4 aliphatic rings. The van der Waals surface area contributed by atoms with Crippen molar-refractivity contribution in [3.63, 3.8) is 0 Å². The number of benzene rings is 2. The Morgan fingerprint density at radius 3 is 2.00 bits per heavy atom. The van der Waals surface area contributed by atoms with Gasteiger partial charge in [0.15, 0.2) is 0 Å². The van der Waals surface area contributed by atoms with Crippen LogP contribution in [0.5, 0.6) is 0 Å². The lowest BCUT2D eigenvalue weighted by Crippen LogP contribution is -2.60. The molecule has 0 aliphatic heterocycles. The molecule has 7 rings (SSSR count). The van der Waals surface area contributed by atoms with Gasteiger partial charge in [-0.1, -0.05) is 60.7 Å². The van der Waals surface area contributed by atoms with Gasteiger partial charge in [-0.25, -0.2) is 4.98 Å². The Bertz CT molecular complexity index is 1050. The van der Waals surface area contributed by atoms with Gasteiger partial charge < -0.3 is 9.88 Å². The third kappa shape index (κ3) is 3.48. The second-order valence-corrected chi connectivity index (χ2v) is 10.0. The number of rotatable bonds is 5. The quantitative estimate of drug-likeness (QED) is 0.619. The maximum atomic E-state index is 13.3. The summed E-state index contributed by atoms with van der Waals surface area (Å²) in [6.45, 7) is 0.311. The van der Waals surface area contributed by atoms with Crippen molar-refractivity contribution in [2.75, 3.05) is 0 Å². The van der Waals surface area contributed by atoms with Crippen LogP contribution in [-0.2, 0) is 11.3 Å².